The van der Waals surface area contributed by atoms with E-state index in [-0.39, 0.29) is 12.1 Å². The van der Waals surface area contributed by atoms with Gasteiger partial charge in [-0.05, 0) is 36.8 Å². The number of benzene rings is 2. The Bertz CT molecular complexity index is 676. The molecule has 0 aliphatic rings. The van der Waals surface area contributed by atoms with Gasteiger partial charge < -0.3 is 4.74 Å². The quantitative estimate of drug-likeness (QED) is 0.149. The first kappa shape index (κ1) is 26.8. The highest BCUT2D eigenvalue weighted by Crippen LogP contribution is 2.24. The number of ether oxygens (including phenoxy) is 1. The van der Waals surface area contributed by atoms with Crippen LogP contribution in [0.2, 0.25) is 0 Å². The molecule has 0 aliphatic carbocycles. The topological polar surface area (TPSA) is 68.1 Å². The fourth-order valence-electron chi connectivity index (χ4n) is 4.16. The Morgan fingerprint density at radius 1 is 0.515 bits per heavy atom. The van der Waals surface area contributed by atoms with Gasteiger partial charge in [-0.3, -0.25) is 0 Å². The minimum atomic E-state index is -0.207. The summed E-state index contributed by atoms with van der Waals surface area (Å²) >= 11 is 0. The summed E-state index contributed by atoms with van der Waals surface area (Å²) in [5.41, 5.74) is 2.05. The third-order valence-electron chi connectivity index (χ3n) is 6.16. The van der Waals surface area contributed by atoms with Crippen LogP contribution in [0.5, 0.6) is 0 Å². The highest BCUT2D eigenvalue weighted by atomic mass is 16.5. The molecule has 2 aromatic carbocycles. The summed E-state index contributed by atoms with van der Waals surface area (Å²) in [6, 6.07) is 19.3. The van der Waals surface area contributed by atoms with E-state index >= 15 is 0 Å². The molecular weight excluding hydrogens is 412 g/mol. The summed E-state index contributed by atoms with van der Waals surface area (Å²) in [4.78, 5) is 22.2. The Hall–Kier alpha value is -2.40. The maximum atomic E-state index is 11.1. The SMILES string of the molecule is O=NC(CCCCCCCOCCCCCCCC(N=O)c1ccccc1)c1ccccc1. The van der Waals surface area contributed by atoms with Crippen molar-refractivity contribution in [3.8, 4) is 0 Å². The molecule has 0 fully saturated rings. The molecule has 0 amide bonds. The van der Waals surface area contributed by atoms with Gasteiger partial charge in [-0.2, -0.15) is 9.81 Å². The van der Waals surface area contributed by atoms with Gasteiger partial charge in [0.1, 0.15) is 12.1 Å². The predicted molar refractivity (Wildman–Crippen MR) is 136 cm³/mol. The van der Waals surface area contributed by atoms with Crippen molar-refractivity contribution in [3.63, 3.8) is 0 Å². The fourth-order valence-corrected chi connectivity index (χ4v) is 4.16. The molecule has 2 rings (SSSR count). The second-order valence-corrected chi connectivity index (χ2v) is 8.79. The van der Waals surface area contributed by atoms with Gasteiger partial charge in [-0.25, -0.2) is 0 Å². The molecule has 180 valence electrons. The second kappa shape index (κ2) is 18.1. The van der Waals surface area contributed by atoms with Gasteiger partial charge in [0.15, 0.2) is 0 Å². The van der Waals surface area contributed by atoms with Crippen molar-refractivity contribution in [2.75, 3.05) is 13.2 Å². The van der Waals surface area contributed by atoms with Gasteiger partial charge in [0.05, 0.1) is 0 Å². The van der Waals surface area contributed by atoms with Crippen molar-refractivity contribution in [2.45, 2.75) is 89.1 Å². The third kappa shape index (κ3) is 11.9. The molecule has 2 atom stereocenters. The molecule has 0 heterocycles. The van der Waals surface area contributed by atoms with Crippen LogP contribution in [-0.2, 0) is 4.74 Å². The van der Waals surface area contributed by atoms with E-state index in [4.69, 9.17) is 4.74 Å². The lowest BCUT2D eigenvalue weighted by molar-refractivity contribution is 0.125. The first-order valence-electron chi connectivity index (χ1n) is 12.7. The van der Waals surface area contributed by atoms with Crippen molar-refractivity contribution < 1.29 is 4.74 Å². The van der Waals surface area contributed by atoms with E-state index in [0.29, 0.717) is 0 Å². The Balaban J connectivity index is 1.34. The van der Waals surface area contributed by atoms with Gasteiger partial charge >= 0.3 is 0 Å². The molecule has 0 spiro atoms. The van der Waals surface area contributed by atoms with Crippen LogP contribution < -0.4 is 0 Å². The molecule has 0 aliphatic heterocycles. The van der Waals surface area contributed by atoms with Crippen LogP contribution in [0.1, 0.15) is 100 Å². The Morgan fingerprint density at radius 3 is 1.27 bits per heavy atom. The van der Waals surface area contributed by atoms with E-state index < -0.39 is 0 Å². The molecule has 0 radical (unpaired) electrons. The van der Waals surface area contributed by atoms with Crippen LogP contribution in [0.3, 0.4) is 0 Å². The molecule has 5 nitrogen and oxygen atoms in total. The molecule has 0 aromatic heterocycles. The minimum Gasteiger partial charge on any atom is -0.381 e. The second-order valence-electron chi connectivity index (χ2n) is 8.79. The molecule has 33 heavy (non-hydrogen) atoms. The first-order chi connectivity index (χ1) is 16.3. The summed E-state index contributed by atoms with van der Waals surface area (Å²) in [6.07, 6.45) is 13.0. The van der Waals surface area contributed by atoms with Gasteiger partial charge in [0.25, 0.3) is 0 Å². The number of unbranched alkanes of at least 4 members (excludes halogenated alkanes) is 8. The van der Waals surface area contributed by atoms with Crippen molar-refractivity contribution >= 4 is 0 Å². The average Bonchev–Trinajstić information content (AvgIpc) is 2.87. The number of hydrogen-bond acceptors (Lipinski definition) is 5. The number of rotatable bonds is 20. The number of nitrogens with zero attached hydrogens (tertiary/aromatic N) is 2. The lowest BCUT2D eigenvalue weighted by Crippen LogP contribution is -1.98. The highest BCUT2D eigenvalue weighted by Gasteiger charge is 2.11. The van der Waals surface area contributed by atoms with Crippen molar-refractivity contribution in [1.29, 1.82) is 0 Å². The van der Waals surface area contributed by atoms with E-state index in [1.807, 2.05) is 60.7 Å². The summed E-state index contributed by atoms with van der Waals surface area (Å²) in [5, 5.41) is 6.59. The van der Waals surface area contributed by atoms with Crippen LogP contribution in [0.15, 0.2) is 71.0 Å². The lowest BCUT2D eigenvalue weighted by atomic mass is 10.0. The molecule has 2 aromatic rings. The maximum Gasteiger partial charge on any atom is 0.117 e. The normalized spacial score (nSPS) is 12.8. The van der Waals surface area contributed by atoms with Crippen LogP contribution in [-0.4, -0.2) is 13.2 Å². The molecule has 0 saturated heterocycles. The molecular formula is C28H40N2O3. The van der Waals surface area contributed by atoms with Crippen molar-refractivity contribution in [1.82, 2.24) is 0 Å². The largest absolute Gasteiger partial charge is 0.381 e. The third-order valence-corrected chi connectivity index (χ3v) is 6.16. The van der Waals surface area contributed by atoms with E-state index in [2.05, 4.69) is 10.4 Å². The molecule has 0 saturated carbocycles. The summed E-state index contributed by atoms with van der Waals surface area (Å²) < 4.78 is 5.76. The smallest absolute Gasteiger partial charge is 0.117 e. The summed E-state index contributed by atoms with van der Waals surface area (Å²) in [5.74, 6) is 0. The summed E-state index contributed by atoms with van der Waals surface area (Å²) in [6.45, 7) is 1.68. The number of hydrogen-bond donors (Lipinski definition) is 0. The molecule has 0 N–H and O–H groups in total. The monoisotopic (exact) mass is 452 g/mol. The minimum absolute atomic E-state index is 0.207. The predicted octanol–water partition coefficient (Wildman–Crippen LogP) is 8.70. The van der Waals surface area contributed by atoms with Gasteiger partial charge in [0, 0.05) is 13.2 Å². The van der Waals surface area contributed by atoms with Crippen molar-refractivity contribution in [2.24, 2.45) is 10.4 Å². The van der Waals surface area contributed by atoms with E-state index in [9.17, 15) is 9.81 Å². The van der Waals surface area contributed by atoms with Gasteiger partial charge in [0.2, 0.25) is 0 Å². The summed E-state index contributed by atoms with van der Waals surface area (Å²) in [7, 11) is 0. The molecule has 5 heteroatoms. The van der Waals surface area contributed by atoms with Crippen molar-refractivity contribution in [3.05, 3.63) is 81.6 Å². The maximum absolute atomic E-state index is 11.1. The Kier molecular flexibility index (Phi) is 14.7. The standard InChI is InChI=1S/C28H40N2O3/c31-29-27(25-17-9-7-10-18-25)21-13-3-1-5-15-23-33-24-16-6-2-4-14-22-28(30-32)26-19-11-8-12-20-26/h7-12,17-20,27-28H,1-6,13-16,21-24H2. The average molecular weight is 453 g/mol. The zero-order valence-corrected chi connectivity index (χ0v) is 19.9. The van der Waals surface area contributed by atoms with Crippen LogP contribution in [0, 0.1) is 9.81 Å². The Morgan fingerprint density at radius 2 is 0.879 bits per heavy atom. The van der Waals surface area contributed by atoms with E-state index in [1.54, 1.807) is 0 Å². The zero-order valence-electron chi connectivity index (χ0n) is 19.9. The zero-order chi connectivity index (χ0) is 23.4. The van der Waals surface area contributed by atoms with Gasteiger partial charge in [-0.15, -0.1) is 0 Å². The van der Waals surface area contributed by atoms with E-state index in [0.717, 1.165) is 75.7 Å². The van der Waals surface area contributed by atoms with Crippen LogP contribution in [0.25, 0.3) is 0 Å². The highest BCUT2D eigenvalue weighted by molar-refractivity contribution is 5.19. The first-order valence-corrected chi connectivity index (χ1v) is 12.7. The van der Waals surface area contributed by atoms with Crippen LogP contribution in [0.4, 0.5) is 0 Å². The van der Waals surface area contributed by atoms with Crippen LogP contribution >= 0.6 is 0 Å². The molecule has 0 bridgehead atoms. The van der Waals surface area contributed by atoms with E-state index in [1.165, 1.54) is 25.7 Å². The fraction of sp³-hybridized carbons (Fsp3) is 0.571. The number of nitroso groups, excluding NO2 is 2. The van der Waals surface area contributed by atoms with Gasteiger partial charge in [-0.1, -0.05) is 122 Å². The molecule has 2 unspecified atom stereocenters. The Labute approximate surface area is 199 Å². The lowest BCUT2D eigenvalue weighted by Gasteiger charge is -2.09.